The van der Waals surface area contributed by atoms with Gasteiger partial charge in [-0.1, -0.05) is 58.0 Å². The van der Waals surface area contributed by atoms with Crippen molar-refractivity contribution in [1.29, 1.82) is 0 Å². The molecule has 106 valence electrons. The summed E-state index contributed by atoms with van der Waals surface area (Å²) in [4.78, 5) is 22.7. The van der Waals surface area contributed by atoms with Crippen LogP contribution in [0.2, 0.25) is 0 Å². The summed E-state index contributed by atoms with van der Waals surface area (Å²) in [5.74, 6) is -0.288. The zero-order valence-corrected chi connectivity index (χ0v) is 15.1. The second-order valence-corrected chi connectivity index (χ2v) is 6.73. The molecule has 0 rings (SSSR count). The molecule has 4 nitrogen and oxygen atoms in total. The van der Waals surface area contributed by atoms with Gasteiger partial charge in [0.2, 0.25) is 0 Å². The Hall–Kier alpha value is 0.400. The van der Waals surface area contributed by atoms with E-state index in [-0.39, 0.29) is 19.8 Å². The highest BCUT2D eigenvalue weighted by atomic mass is 127. The van der Waals surface area contributed by atoms with Crippen molar-refractivity contribution in [2.75, 3.05) is 13.2 Å². The molecule has 0 fully saturated rings. The van der Waals surface area contributed by atoms with Crippen LogP contribution in [0.1, 0.15) is 39.5 Å². The molecule has 0 aliphatic carbocycles. The van der Waals surface area contributed by atoms with Crippen LogP contribution in [0.4, 0.5) is 0 Å². The lowest BCUT2D eigenvalue weighted by atomic mass is 10.1. The van der Waals surface area contributed by atoms with Crippen molar-refractivity contribution < 1.29 is 19.1 Å². The molecule has 0 saturated carbocycles. The third-order valence-electron chi connectivity index (χ3n) is 2.25. The van der Waals surface area contributed by atoms with E-state index in [0.717, 1.165) is 25.7 Å². The van der Waals surface area contributed by atoms with Gasteiger partial charge in [0.25, 0.3) is 0 Å². The van der Waals surface area contributed by atoms with Crippen molar-refractivity contribution in [2.24, 2.45) is 0 Å². The summed E-state index contributed by atoms with van der Waals surface area (Å²) in [6, 6.07) is 0. The molecule has 0 N–H and O–H groups in total. The minimum absolute atomic E-state index is 0.0854. The number of unbranched alkanes of at least 4 members (excludes halogenated alkanes) is 1. The standard InChI is InChI=1S/C12H20I2O4/c1-3-17-11(15)9(13)7-5-6-8-10(14)12(16)18-4-2/h9-10H,3-8H2,1-2H3. The summed E-state index contributed by atoms with van der Waals surface area (Å²) in [5, 5.41) is 0. The van der Waals surface area contributed by atoms with E-state index in [1.165, 1.54) is 0 Å². The third kappa shape index (κ3) is 8.49. The highest BCUT2D eigenvalue weighted by Crippen LogP contribution is 2.17. The summed E-state index contributed by atoms with van der Waals surface area (Å²) in [5.41, 5.74) is 0. The molecule has 2 unspecified atom stereocenters. The fourth-order valence-electron chi connectivity index (χ4n) is 1.35. The van der Waals surface area contributed by atoms with Crippen LogP contribution in [0.3, 0.4) is 0 Å². The van der Waals surface area contributed by atoms with Gasteiger partial charge in [0.1, 0.15) is 7.85 Å². The molecule has 0 radical (unpaired) electrons. The van der Waals surface area contributed by atoms with Crippen LogP contribution in [0.15, 0.2) is 0 Å². The van der Waals surface area contributed by atoms with Crippen molar-refractivity contribution in [2.45, 2.75) is 47.4 Å². The van der Waals surface area contributed by atoms with Gasteiger partial charge >= 0.3 is 11.9 Å². The van der Waals surface area contributed by atoms with Crippen LogP contribution in [-0.4, -0.2) is 33.0 Å². The predicted octanol–water partition coefficient (Wildman–Crippen LogP) is 3.28. The summed E-state index contributed by atoms with van der Waals surface area (Å²) < 4.78 is 9.69. The minimum Gasteiger partial charge on any atom is -0.465 e. The van der Waals surface area contributed by atoms with E-state index < -0.39 is 0 Å². The molecular weight excluding hydrogens is 462 g/mol. The van der Waals surface area contributed by atoms with Crippen LogP contribution in [0, 0.1) is 0 Å². The van der Waals surface area contributed by atoms with Crippen molar-refractivity contribution >= 4 is 57.1 Å². The number of rotatable bonds is 9. The summed E-state index contributed by atoms with van der Waals surface area (Å²) >= 11 is 4.21. The summed E-state index contributed by atoms with van der Waals surface area (Å²) in [6.07, 6.45) is 3.44. The van der Waals surface area contributed by atoms with E-state index in [1.54, 1.807) is 13.8 Å². The van der Waals surface area contributed by atoms with Crippen molar-refractivity contribution in [3.63, 3.8) is 0 Å². The van der Waals surface area contributed by atoms with Crippen molar-refractivity contribution in [1.82, 2.24) is 0 Å². The zero-order valence-electron chi connectivity index (χ0n) is 10.8. The molecule has 0 aromatic carbocycles. The fourth-order valence-corrected chi connectivity index (χ4v) is 2.59. The lowest BCUT2D eigenvalue weighted by Crippen LogP contribution is -2.18. The number of esters is 2. The number of halogens is 2. The topological polar surface area (TPSA) is 52.6 Å². The highest BCUT2D eigenvalue weighted by Gasteiger charge is 2.17. The molecule has 0 aliphatic heterocycles. The first kappa shape index (κ1) is 18.4. The molecule has 0 aromatic rings. The van der Waals surface area contributed by atoms with E-state index in [4.69, 9.17) is 9.47 Å². The fraction of sp³-hybridized carbons (Fsp3) is 0.833. The quantitative estimate of drug-likeness (QED) is 0.219. The molecule has 6 heteroatoms. The second kappa shape index (κ2) is 11.2. The van der Waals surface area contributed by atoms with E-state index in [1.807, 2.05) is 0 Å². The number of ether oxygens (including phenoxy) is 2. The molecule has 2 atom stereocenters. The zero-order chi connectivity index (χ0) is 14.0. The van der Waals surface area contributed by atoms with E-state index in [0.29, 0.717) is 13.2 Å². The van der Waals surface area contributed by atoms with Crippen molar-refractivity contribution in [3.8, 4) is 0 Å². The third-order valence-corrected chi connectivity index (χ3v) is 4.51. The van der Waals surface area contributed by atoms with E-state index in [2.05, 4.69) is 45.2 Å². The van der Waals surface area contributed by atoms with Crippen LogP contribution < -0.4 is 0 Å². The Balaban J connectivity index is 3.66. The smallest absolute Gasteiger partial charge is 0.318 e. The first-order valence-corrected chi connectivity index (χ1v) is 8.63. The Kier molecular flexibility index (Phi) is 11.5. The van der Waals surface area contributed by atoms with Gasteiger partial charge in [-0.05, 0) is 26.7 Å². The first-order chi connectivity index (χ1) is 8.52. The first-order valence-electron chi connectivity index (χ1n) is 6.14. The lowest BCUT2D eigenvalue weighted by Gasteiger charge is -2.10. The maximum Gasteiger partial charge on any atom is 0.318 e. The van der Waals surface area contributed by atoms with Gasteiger partial charge in [0.15, 0.2) is 0 Å². The van der Waals surface area contributed by atoms with Crippen molar-refractivity contribution in [3.05, 3.63) is 0 Å². The Bertz CT molecular complexity index is 232. The van der Waals surface area contributed by atoms with Gasteiger partial charge in [-0.3, -0.25) is 9.59 Å². The minimum atomic E-state index is -0.144. The Morgan fingerprint density at radius 3 is 1.50 bits per heavy atom. The number of carbonyl (C=O) groups excluding carboxylic acids is 2. The SMILES string of the molecule is CCOC(=O)C(I)CCCCC(I)C(=O)OCC. The molecule has 0 aliphatic rings. The highest BCUT2D eigenvalue weighted by molar-refractivity contribution is 14.1. The molecule has 0 aromatic heterocycles. The van der Waals surface area contributed by atoms with Gasteiger partial charge < -0.3 is 9.47 Å². The van der Waals surface area contributed by atoms with Gasteiger partial charge in [-0.25, -0.2) is 0 Å². The van der Waals surface area contributed by atoms with Crippen LogP contribution >= 0.6 is 45.2 Å². The number of carbonyl (C=O) groups is 2. The maximum absolute atomic E-state index is 11.4. The molecule has 0 saturated heterocycles. The molecule has 0 heterocycles. The Morgan fingerprint density at radius 2 is 1.22 bits per heavy atom. The van der Waals surface area contributed by atoms with E-state index in [9.17, 15) is 9.59 Å². The number of alkyl halides is 2. The Morgan fingerprint density at radius 1 is 0.889 bits per heavy atom. The van der Waals surface area contributed by atoms with Gasteiger partial charge in [-0.2, -0.15) is 0 Å². The summed E-state index contributed by atoms with van der Waals surface area (Å²) in [7, 11) is 0. The van der Waals surface area contributed by atoms with Gasteiger partial charge in [0.05, 0.1) is 13.2 Å². The largest absolute Gasteiger partial charge is 0.465 e. The van der Waals surface area contributed by atoms with Crippen LogP contribution in [-0.2, 0) is 19.1 Å². The number of hydrogen-bond acceptors (Lipinski definition) is 4. The Labute approximate surface area is 136 Å². The van der Waals surface area contributed by atoms with Crippen LogP contribution in [0.5, 0.6) is 0 Å². The second-order valence-electron chi connectivity index (χ2n) is 3.72. The monoisotopic (exact) mass is 482 g/mol. The molecule has 18 heavy (non-hydrogen) atoms. The lowest BCUT2D eigenvalue weighted by molar-refractivity contribution is -0.143. The van der Waals surface area contributed by atoms with Gasteiger partial charge in [-0.15, -0.1) is 0 Å². The molecule has 0 spiro atoms. The molecular formula is C12H20I2O4. The van der Waals surface area contributed by atoms with Gasteiger partial charge in [0, 0.05) is 0 Å². The van der Waals surface area contributed by atoms with E-state index >= 15 is 0 Å². The molecule has 0 bridgehead atoms. The normalized spacial score (nSPS) is 13.8. The van der Waals surface area contributed by atoms with Crippen LogP contribution in [0.25, 0.3) is 0 Å². The predicted molar refractivity (Wildman–Crippen MR) is 87.4 cm³/mol. The number of hydrogen-bond donors (Lipinski definition) is 0. The maximum atomic E-state index is 11.4. The summed E-state index contributed by atoms with van der Waals surface area (Å²) in [6.45, 7) is 4.47. The average molecular weight is 482 g/mol. The average Bonchev–Trinajstić information content (AvgIpc) is 2.34. The molecule has 0 amide bonds.